The predicted molar refractivity (Wildman–Crippen MR) is 66.3 cm³/mol. The lowest BCUT2D eigenvalue weighted by Gasteiger charge is -2.40. The van der Waals surface area contributed by atoms with E-state index in [4.69, 9.17) is 15.2 Å². The van der Waals surface area contributed by atoms with Crippen molar-refractivity contribution in [1.29, 1.82) is 5.26 Å². The molecule has 18 heavy (non-hydrogen) atoms. The van der Waals surface area contributed by atoms with Gasteiger partial charge in [0.15, 0.2) is 11.5 Å². The molecule has 1 aromatic rings. The van der Waals surface area contributed by atoms with Gasteiger partial charge in [-0.25, -0.2) is 0 Å². The van der Waals surface area contributed by atoms with E-state index in [1.807, 2.05) is 18.2 Å². The number of hydrogen-bond acceptors (Lipinski definition) is 4. The summed E-state index contributed by atoms with van der Waals surface area (Å²) >= 11 is 0. The van der Waals surface area contributed by atoms with Crippen molar-refractivity contribution < 1.29 is 9.47 Å². The third kappa shape index (κ3) is 1.63. The van der Waals surface area contributed by atoms with Crippen molar-refractivity contribution in [3.05, 3.63) is 23.8 Å². The third-order valence-corrected chi connectivity index (χ3v) is 3.99. The topological polar surface area (TPSA) is 68.3 Å². The molecule has 1 unspecified atom stereocenters. The molecular weight excluding hydrogens is 228 g/mol. The van der Waals surface area contributed by atoms with Gasteiger partial charge in [0.05, 0.1) is 11.5 Å². The van der Waals surface area contributed by atoms with Crippen LogP contribution in [0.3, 0.4) is 0 Å². The summed E-state index contributed by atoms with van der Waals surface area (Å²) in [5.41, 5.74) is 6.83. The first-order valence-corrected chi connectivity index (χ1v) is 6.32. The first-order chi connectivity index (χ1) is 8.75. The average Bonchev–Trinajstić information content (AvgIpc) is 2.37. The minimum absolute atomic E-state index is 0.243. The van der Waals surface area contributed by atoms with Gasteiger partial charge in [-0.1, -0.05) is 12.5 Å². The van der Waals surface area contributed by atoms with Crippen LogP contribution in [0.25, 0.3) is 0 Å². The minimum atomic E-state index is -0.385. The lowest BCUT2D eigenvalue weighted by atomic mass is 9.64. The van der Waals surface area contributed by atoms with Crippen LogP contribution in [0.15, 0.2) is 18.2 Å². The van der Waals surface area contributed by atoms with E-state index in [1.54, 1.807) is 0 Å². The molecule has 4 heteroatoms. The van der Waals surface area contributed by atoms with Crippen LogP contribution >= 0.6 is 0 Å². The zero-order chi connectivity index (χ0) is 12.6. The Kier molecular flexibility index (Phi) is 2.64. The van der Waals surface area contributed by atoms with Crippen molar-refractivity contribution in [2.75, 3.05) is 13.2 Å². The van der Waals surface area contributed by atoms with Gasteiger partial charge >= 0.3 is 0 Å². The molecule has 0 aromatic heterocycles. The first-order valence-electron chi connectivity index (χ1n) is 6.32. The van der Waals surface area contributed by atoms with E-state index < -0.39 is 0 Å². The summed E-state index contributed by atoms with van der Waals surface area (Å²) in [4.78, 5) is 0. The third-order valence-electron chi connectivity index (χ3n) is 3.99. The molecule has 4 nitrogen and oxygen atoms in total. The van der Waals surface area contributed by atoms with Gasteiger partial charge in [0, 0.05) is 6.04 Å². The van der Waals surface area contributed by atoms with E-state index >= 15 is 0 Å². The second-order valence-electron chi connectivity index (χ2n) is 5.00. The van der Waals surface area contributed by atoms with Gasteiger partial charge < -0.3 is 15.2 Å². The fraction of sp³-hybridized carbons (Fsp3) is 0.500. The van der Waals surface area contributed by atoms with Gasteiger partial charge in [-0.15, -0.1) is 0 Å². The Morgan fingerprint density at radius 2 is 1.94 bits per heavy atom. The fourth-order valence-corrected chi connectivity index (χ4v) is 2.62. The number of fused-ring (bicyclic) bond motifs is 1. The fourth-order valence-electron chi connectivity index (χ4n) is 2.62. The van der Waals surface area contributed by atoms with Crippen molar-refractivity contribution in [2.45, 2.75) is 25.3 Å². The number of nitriles is 1. The Morgan fingerprint density at radius 1 is 1.22 bits per heavy atom. The first kappa shape index (κ1) is 11.4. The van der Waals surface area contributed by atoms with E-state index in [1.165, 1.54) is 0 Å². The van der Waals surface area contributed by atoms with Crippen LogP contribution in [-0.4, -0.2) is 13.2 Å². The zero-order valence-corrected chi connectivity index (χ0v) is 10.2. The van der Waals surface area contributed by atoms with Crippen LogP contribution in [0.5, 0.6) is 11.5 Å². The number of hydrogen-bond donors (Lipinski definition) is 1. The molecule has 1 aromatic carbocycles. The molecule has 0 bridgehead atoms. The molecule has 1 atom stereocenters. The van der Waals surface area contributed by atoms with Gasteiger partial charge in [-0.05, 0) is 30.5 Å². The summed E-state index contributed by atoms with van der Waals surface area (Å²) in [5, 5.41) is 9.32. The van der Waals surface area contributed by atoms with Gasteiger partial charge in [0.25, 0.3) is 0 Å². The Bertz CT molecular complexity index is 503. The summed E-state index contributed by atoms with van der Waals surface area (Å²) in [6.07, 6.45) is 2.87. The number of rotatable bonds is 2. The molecular formula is C14H16N2O2. The largest absolute Gasteiger partial charge is 0.486 e. The molecule has 2 aliphatic rings. The molecule has 0 saturated heterocycles. The van der Waals surface area contributed by atoms with Gasteiger partial charge in [-0.2, -0.15) is 5.26 Å². The molecule has 1 heterocycles. The van der Waals surface area contributed by atoms with Gasteiger partial charge in [0.2, 0.25) is 0 Å². The molecule has 1 aliphatic heterocycles. The summed E-state index contributed by atoms with van der Waals surface area (Å²) in [5.74, 6) is 1.50. The van der Waals surface area contributed by atoms with E-state index in [2.05, 4.69) is 6.07 Å². The monoisotopic (exact) mass is 244 g/mol. The molecule has 3 rings (SSSR count). The van der Waals surface area contributed by atoms with Crippen LogP contribution < -0.4 is 15.2 Å². The SMILES string of the molecule is N#CC1(C(N)c2ccc3c(c2)OCCO3)CCC1. The van der Waals surface area contributed by atoms with Crippen LogP contribution in [0.4, 0.5) is 0 Å². The smallest absolute Gasteiger partial charge is 0.161 e. The summed E-state index contributed by atoms with van der Waals surface area (Å²) in [6.45, 7) is 1.15. The Labute approximate surface area is 106 Å². The molecule has 1 aliphatic carbocycles. The van der Waals surface area contributed by atoms with E-state index in [0.717, 1.165) is 36.3 Å². The van der Waals surface area contributed by atoms with E-state index in [0.29, 0.717) is 13.2 Å². The van der Waals surface area contributed by atoms with Crippen LogP contribution in [-0.2, 0) is 0 Å². The second kappa shape index (κ2) is 4.18. The normalized spacial score (nSPS) is 21.6. The van der Waals surface area contributed by atoms with Crippen molar-refractivity contribution >= 4 is 0 Å². The molecule has 0 radical (unpaired) electrons. The molecule has 2 N–H and O–H groups in total. The van der Waals surface area contributed by atoms with E-state index in [-0.39, 0.29) is 11.5 Å². The Hall–Kier alpha value is -1.73. The number of benzene rings is 1. The predicted octanol–water partition coefficient (Wildman–Crippen LogP) is 2.15. The highest BCUT2D eigenvalue weighted by atomic mass is 16.6. The number of nitrogens with two attached hydrogens (primary N) is 1. The maximum atomic E-state index is 9.32. The lowest BCUT2D eigenvalue weighted by Crippen LogP contribution is -2.39. The summed E-state index contributed by atoms with van der Waals surface area (Å²) in [7, 11) is 0. The second-order valence-corrected chi connectivity index (χ2v) is 5.00. The van der Waals surface area contributed by atoms with Crippen LogP contribution in [0.2, 0.25) is 0 Å². The van der Waals surface area contributed by atoms with E-state index in [9.17, 15) is 5.26 Å². The van der Waals surface area contributed by atoms with Crippen molar-refractivity contribution in [3.8, 4) is 17.6 Å². The molecule has 0 amide bonds. The maximum absolute atomic E-state index is 9.32. The minimum Gasteiger partial charge on any atom is -0.486 e. The molecule has 0 spiro atoms. The Balaban J connectivity index is 1.90. The highest BCUT2D eigenvalue weighted by molar-refractivity contribution is 5.45. The van der Waals surface area contributed by atoms with Crippen molar-refractivity contribution in [2.24, 2.45) is 11.1 Å². The van der Waals surface area contributed by atoms with Crippen LogP contribution in [0, 0.1) is 16.7 Å². The highest BCUT2D eigenvalue weighted by Gasteiger charge is 2.43. The molecule has 1 saturated carbocycles. The van der Waals surface area contributed by atoms with Gasteiger partial charge in [0.1, 0.15) is 13.2 Å². The highest BCUT2D eigenvalue weighted by Crippen LogP contribution is 2.49. The van der Waals surface area contributed by atoms with Crippen molar-refractivity contribution in [1.82, 2.24) is 0 Å². The lowest BCUT2D eigenvalue weighted by molar-refractivity contribution is 0.163. The maximum Gasteiger partial charge on any atom is 0.161 e. The van der Waals surface area contributed by atoms with Crippen molar-refractivity contribution in [3.63, 3.8) is 0 Å². The zero-order valence-electron chi connectivity index (χ0n) is 10.2. The number of ether oxygens (including phenoxy) is 2. The molecule has 1 fully saturated rings. The van der Waals surface area contributed by atoms with Gasteiger partial charge in [-0.3, -0.25) is 0 Å². The summed E-state index contributed by atoms with van der Waals surface area (Å²) < 4.78 is 11.0. The standard InChI is InChI=1S/C14H16N2O2/c15-9-14(4-1-5-14)13(16)10-2-3-11-12(8-10)18-7-6-17-11/h2-3,8,13H,1,4-7,16H2. The summed E-state index contributed by atoms with van der Waals surface area (Å²) in [6, 6.07) is 7.89. The quantitative estimate of drug-likeness (QED) is 0.865. The Morgan fingerprint density at radius 3 is 2.56 bits per heavy atom. The molecule has 94 valence electrons. The van der Waals surface area contributed by atoms with Crippen LogP contribution in [0.1, 0.15) is 30.9 Å². The average molecular weight is 244 g/mol. The number of nitrogens with zero attached hydrogens (tertiary/aromatic N) is 1.